The maximum absolute atomic E-state index is 11.6. The molecule has 1 aliphatic rings. The number of carbonyl (C=O) groups is 1. The van der Waals surface area contributed by atoms with Gasteiger partial charge >= 0.3 is 0 Å². The van der Waals surface area contributed by atoms with E-state index in [-0.39, 0.29) is 5.91 Å². The van der Waals surface area contributed by atoms with Gasteiger partial charge in [0.25, 0.3) is 5.91 Å². The van der Waals surface area contributed by atoms with Gasteiger partial charge in [-0.1, -0.05) is 12.8 Å². The lowest BCUT2D eigenvalue weighted by atomic mass is 9.99. The van der Waals surface area contributed by atoms with Gasteiger partial charge < -0.3 is 16.4 Å². The fraction of sp³-hybridized carbons (Fsp3) is 0.533. The topological polar surface area (TPSA) is 67.2 Å². The molecule has 1 fully saturated rings. The molecular weight excluding hydrogens is 238 g/mol. The van der Waals surface area contributed by atoms with Crippen molar-refractivity contribution in [3.8, 4) is 0 Å². The lowest BCUT2D eigenvalue weighted by molar-refractivity contribution is 0.0963. The van der Waals surface area contributed by atoms with Crippen LogP contribution < -0.4 is 16.4 Å². The molecule has 0 bridgehead atoms. The third-order valence-electron chi connectivity index (χ3n) is 4.03. The first kappa shape index (κ1) is 13.7. The normalized spacial score (nSPS) is 17.2. The maximum atomic E-state index is 11.6. The molecule has 0 saturated heterocycles. The largest absolute Gasteiger partial charge is 0.397 e. The van der Waals surface area contributed by atoms with Crippen molar-refractivity contribution in [3.63, 3.8) is 0 Å². The molecule has 1 saturated carbocycles. The summed E-state index contributed by atoms with van der Waals surface area (Å²) in [6, 6.07) is 5.76. The Hall–Kier alpha value is -1.71. The zero-order valence-electron chi connectivity index (χ0n) is 11.7. The average molecular weight is 261 g/mol. The molecule has 0 heterocycles. The summed E-state index contributed by atoms with van der Waals surface area (Å²) in [5.41, 5.74) is 8.17. The molecule has 1 amide bonds. The third-order valence-corrected chi connectivity index (χ3v) is 4.03. The Morgan fingerprint density at radius 2 is 2.05 bits per heavy atom. The number of hydrogen-bond acceptors (Lipinski definition) is 3. The van der Waals surface area contributed by atoms with Crippen LogP contribution in [-0.4, -0.2) is 19.0 Å². The Bertz CT molecular complexity index is 453. The summed E-state index contributed by atoms with van der Waals surface area (Å²) in [5.74, 6) is 0.625. The Labute approximate surface area is 114 Å². The molecule has 4 N–H and O–H groups in total. The Morgan fingerprint density at radius 1 is 1.37 bits per heavy atom. The summed E-state index contributed by atoms with van der Waals surface area (Å²) in [7, 11) is 1.63. The average Bonchev–Trinajstić information content (AvgIpc) is 2.94. The Kier molecular flexibility index (Phi) is 4.30. The van der Waals surface area contributed by atoms with E-state index in [9.17, 15) is 4.79 Å². The molecule has 4 nitrogen and oxygen atoms in total. The van der Waals surface area contributed by atoms with Crippen LogP contribution in [-0.2, 0) is 0 Å². The van der Waals surface area contributed by atoms with E-state index >= 15 is 0 Å². The SMILES string of the molecule is CNC(=O)c1ccc(N)c(NC(C)C2CCCC2)c1. The number of anilines is 2. The van der Waals surface area contributed by atoms with E-state index in [2.05, 4.69) is 17.6 Å². The zero-order valence-corrected chi connectivity index (χ0v) is 11.7. The van der Waals surface area contributed by atoms with E-state index < -0.39 is 0 Å². The summed E-state index contributed by atoms with van der Waals surface area (Å²) < 4.78 is 0. The van der Waals surface area contributed by atoms with Crippen LogP contribution in [0.4, 0.5) is 11.4 Å². The highest BCUT2D eigenvalue weighted by atomic mass is 16.1. The first-order chi connectivity index (χ1) is 9.11. The van der Waals surface area contributed by atoms with Crippen molar-refractivity contribution in [2.45, 2.75) is 38.6 Å². The van der Waals surface area contributed by atoms with Crippen molar-refractivity contribution in [2.24, 2.45) is 5.92 Å². The van der Waals surface area contributed by atoms with Crippen LogP contribution >= 0.6 is 0 Å². The number of benzene rings is 1. The quantitative estimate of drug-likeness (QED) is 0.730. The minimum atomic E-state index is -0.0865. The van der Waals surface area contributed by atoms with Crippen molar-refractivity contribution in [1.29, 1.82) is 0 Å². The lowest BCUT2D eigenvalue weighted by Crippen LogP contribution is -2.25. The van der Waals surface area contributed by atoms with Crippen LogP contribution in [0.3, 0.4) is 0 Å². The predicted molar refractivity (Wildman–Crippen MR) is 79.3 cm³/mol. The smallest absolute Gasteiger partial charge is 0.251 e. The minimum Gasteiger partial charge on any atom is -0.397 e. The molecule has 1 atom stereocenters. The number of nitrogens with one attached hydrogen (secondary N) is 2. The first-order valence-electron chi connectivity index (χ1n) is 7.00. The highest BCUT2D eigenvalue weighted by Crippen LogP contribution is 2.30. The van der Waals surface area contributed by atoms with E-state index in [1.807, 2.05) is 6.07 Å². The summed E-state index contributed by atoms with van der Waals surface area (Å²) in [6.07, 6.45) is 5.21. The molecule has 0 spiro atoms. The summed E-state index contributed by atoms with van der Waals surface area (Å²) >= 11 is 0. The number of nitrogens with two attached hydrogens (primary N) is 1. The van der Waals surface area contributed by atoms with E-state index in [0.29, 0.717) is 23.2 Å². The van der Waals surface area contributed by atoms with Crippen LogP contribution in [0.5, 0.6) is 0 Å². The van der Waals surface area contributed by atoms with Gasteiger partial charge in [0.2, 0.25) is 0 Å². The summed E-state index contributed by atoms with van der Waals surface area (Å²) in [4.78, 5) is 11.6. The second kappa shape index (κ2) is 5.95. The van der Waals surface area contributed by atoms with Crippen molar-refractivity contribution < 1.29 is 4.79 Å². The molecule has 0 radical (unpaired) electrons. The molecule has 1 aromatic rings. The maximum Gasteiger partial charge on any atom is 0.251 e. The molecule has 104 valence electrons. The van der Waals surface area contributed by atoms with Crippen LogP contribution in [0.15, 0.2) is 18.2 Å². The molecule has 2 rings (SSSR count). The fourth-order valence-electron chi connectivity index (χ4n) is 2.79. The highest BCUT2D eigenvalue weighted by Gasteiger charge is 2.22. The minimum absolute atomic E-state index is 0.0865. The number of amides is 1. The van der Waals surface area contributed by atoms with Crippen LogP contribution in [0.2, 0.25) is 0 Å². The van der Waals surface area contributed by atoms with Crippen molar-refractivity contribution >= 4 is 17.3 Å². The second-order valence-electron chi connectivity index (χ2n) is 5.36. The van der Waals surface area contributed by atoms with Gasteiger partial charge in [0.05, 0.1) is 11.4 Å². The molecular formula is C15H23N3O. The van der Waals surface area contributed by atoms with Gasteiger partial charge in [0.15, 0.2) is 0 Å². The first-order valence-corrected chi connectivity index (χ1v) is 7.00. The molecule has 4 heteroatoms. The van der Waals surface area contributed by atoms with Crippen LogP contribution in [0, 0.1) is 5.92 Å². The van der Waals surface area contributed by atoms with Gasteiger partial charge in [0.1, 0.15) is 0 Å². The van der Waals surface area contributed by atoms with Gasteiger partial charge in [-0.15, -0.1) is 0 Å². The monoisotopic (exact) mass is 261 g/mol. The second-order valence-corrected chi connectivity index (χ2v) is 5.36. The van der Waals surface area contributed by atoms with Gasteiger partial charge in [-0.25, -0.2) is 0 Å². The number of rotatable bonds is 4. The summed E-state index contributed by atoms with van der Waals surface area (Å²) in [6.45, 7) is 2.20. The highest BCUT2D eigenvalue weighted by molar-refractivity contribution is 5.96. The fourth-order valence-corrected chi connectivity index (χ4v) is 2.79. The van der Waals surface area contributed by atoms with Crippen LogP contribution in [0.25, 0.3) is 0 Å². The Balaban J connectivity index is 2.12. The van der Waals surface area contributed by atoms with Gasteiger partial charge in [0, 0.05) is 18.7 Å². The molecule has 1 unspecified atom stereocenters. The van der Waals surface area contributed by atoms with Crippen molar-refractivity contribution in [2.75, 3.05) is 18.1 Å². The molecule has 1 aliphatic carbocycles. The van der Waals surface area contributed by atoms with Gasteiger partial charge in [-0.2, -0.15) is 0 Å². The van der Waals surface area contributed by atoms with E-state index in [4.69, 9.17) is 5.73 Å². The number of nitrogen functional groups attached to an aromatic ring is 1. The van der Waals surface area contributed by atoms with Crippen LogP contribution in [0.1, 0.15) is 43.0 Å². The summed E-state index contributed by atoms with van der Waals surface area (Å²) in [5, 5.41) is 6.10. The molecule has 19 heavy (non-hydrogen) atoms. The standard InChI is InChI=1S/C15H23N3O/c1-10(11-5-3-4-6-11)18-14-9-12(15(19)17-2)7-8-13(14)16/h7-11,18H,3-6,16H2,1-2H3,(H,17,19). The number of carbonyl (C=O) groups excluding carboxylic acids is 1. The molecule has 0 aliphatic heterocycles. The number of hydrogen-bond donors (Lipinski definition) is 3. The Morgan fingerprint density at radius 3 is 2.68 bits per heavy atom. The van der Waals surface area contributed by atoms with E-state index in [0.717, 1.165) is 5.69 Å². The third kappa shape index (κ3) is 3.19. The van der Waals surface area contributed by atoms with Gasteiger partial charge in [-0.05, 0) is 43.9 Å². The lowest BCUT2D eigenvalue weighted by Gasteiger charge is -2.22. The zero-order chi connectivity index (χ0) is 13.8. The van der Waals surface area contributed by atoms with Crippen molar-refractivity contribution in [3.05, 3.63) is 23.8 Å². The van der Waals surface area contributed by atoms with Crippen molar-refractivity contribution in [1.82, 2.24) is 5.32 Å². The van der Waals surface area contributed by atoms with E-state index in [1.165, 1.54) is 25.7 Å². The van der Waals surface area contributed by atoms with Gasteiger partial charge in [-0.3, -0.25) is 4.79 Å². The molecule has 0 aromatic heterocycles. The van der Waals surface area contributed by atoms with E-state index in [1.54, 1.807) is 19.2 Å². The molecule has 1 aromatic carbocycles. The predicted octanol–water partition coefficient (Wildman–Crippen LogP) is 2.62.